The summed E-state index contributed by atoms with van der Waals surface area (Å²) in [5.74, 6) is -4.14. The summed E-state index contributed by atoms with van der Waals surface area (Å²) in [6.07, 6.45) is 1.39. The van der Waals surface area contributed by atoms with E-state index in [4.69, 9.17) is 24.2 Å². The zero-order chi connectivity index (χ0) is 38.0. The standard InChI is InChI=1S/C32H43N5O12S2/c1-20-25(35-27(40)26(22-18-50-30(33)34-22)36-49-32(4,5)29(42)43)28(41)37(20)51(44,45)48-19-31(2,3)15-16-46-23(38)13-9-10-14-24(39)47-17-21-11-7-6-8-12-21/h6-8,11-12,18,20,25H,9-10,13-17,19H2,1-5H3,(H2,33,34)(H,35,40)(H,42,43)/t20-,25-/m0/s1. The second kappa shape index (κ2) is 17.5. The number of esters is 2. The lowest BCUT2D eigenvalue weighted by atomic mass is 9.91. The molecular weight excluding hydrogens is 711 g/mol. The van der Waals surface area contributed by atoms with E-state index in [1.165, 1.54) is 26.2 Å². The van der Waals surface area contributed by atoms with Crippen molar-refractivity contribution in [3.05, 3.63) is 47.0 Å². The van der Waals surface area contributed by atoms with E-state index in [9.17, 15) is 37.5 Å². The predicted molar refractivity (Wildman–Crippen MR) is 183 cm³/mol. The molecule has 0 bridgehead atoms. The first kappa shape index (κ1) is 40.8. The number of nitrogens with zero attached hydrogens (tertiary/aromatic N) is 3. The van der Waals surface area contributed by atoms with Gasteiger partial charge in [0.2, 0.25) is 5.60 Å². The van der Waals surface area contributed by atoms with Crippen LogP contribution in [0.5, 0.6) is 0 Å². The van der Waals surface area contributed by atoms with E-state index in [1.807, 2.05) is 30.3 Å². The lowest BCUT2D eigenvalue weighted by Crippen LogP contribution is -2.71. The number of amides is 2. The highest BCUT2D eigenvalue weighted by molar-refractivity contribution is 7.85. The Morgan fingerprint density at radius 3 is 2.25 bits per heavy atom. The highest BCUT2D eigenvalue weighted by Gasteiger charge is 2.53. The van der Waals surface area contributed by atoms with Crippen LogP contribution in [0.3, 0.4) is 0 Å². The van der Waals surface area contributed by atoms with Gasteiger partial charge in [0.05, 0.1) is 19.3 Å². The van der Waals surface area contributed by atoms with Crippen LogP contribution in [0.25, 0.3) is 0 Å². The van der Waals surface area contributed by atoms with Crippen LogP contribution in [0.2, 0.25) is 0 Å². The molecule has 1 aliphatic heterocycles. The Morgan fingerprint density at radius 2 is 1.69 bits per heavy atom. The molecule has 2 amide bonds. The number of hydrogen-bond acceptors (Lipinski definition) is 15. The molecule has 0 radical (unpaired) electrons. The number of hydrogen-bond donors (Lipinski definition) is 3. The summed E-state index contributed by atoms with van der Waals surface area (Å²) in [7, 11) is -4.58. The van der Waals surface area contributed by atoms with Gasteiger partial charge in [-0.3, -0.25) is 23.4 Å². The van der Waals surface area contributed by atoms with Crippen molar-refractivity contribution in [2.45, 2.75) is 91.0 Å². The average molecular weight is 754 g/mol. The van der Waals surface area contributed by atoms with Crippen LogP contribution in [-0.2, 0) is 59.4 Å². The first-order valence-corrected chi connectivity index (χ1v) is 18.2. The van der Waals surface area contributed by atoms with Crippen LogP contribution in [0.4, 0.5) is 5.13 Å². The van der Waals surface area contributed by atoms with Crippen LogP contribution in [0.1, 0.15) is 78.0 Å². The van der Waals surface area contributed by atoms with E-state index in [2.05, 4.69) is 15.5 Å². The third-order valence-corrected chi connectivity index (χ3v) is 9.70. The number of nitrogen functional groups attached to an aromatic ring is 1. The van der Waals surface area contributed by atoms with Gasteiger partial charge in [0, 0.05) is 18.2 Å². The Bertz CT molecular complexity index is 1710. The van der Waals surface area contributed by atoms with Gasteiger partial charge >= 0.3 is 28.2 Å². The lowest BCUT2D eigenvalue weighted by molar-refractivity contribution is -0.161. The third kappa shape index (κ3) is 12.0. The molecule has 19 heteroatoms. The molecule has 1 aliphatic rings. The van der Waals surface area contributed by atoms with E-state index < -0.39 is 62.9 Å². The highest BCUT2D eigenvalue weighted by Crippen LogP contribution is 2.28. The summed E-state index contributed by atoms with van der Waals surface area (Å²) < 4.78 is 42.1. The van der Waals surface area contributed by atoms with Gasteiger partial charge in [-0.05, 0) is 51.0 Å². The summed E-state index contributed by atoms with van der Waals surface area (Å²) >= 11 is 0.976. The largest absolute Gasteiger partial charge is 0.478 e. The first-order valence-electron chi connectivity index (χ1n) is 15.9. The second-order valence-electron chi connectivity index (χ2n) is 13.0. The van der Waals surface area contributed by atoms with Crippen molar-refractivity contribution < 1.29 is 56.0 Å². The number of aromatic nitrogens is 1. The molecule has 1 aromatic heterocycles. The molecule has 17 nitrogen and oxygen atoms in total. The van der Waals surface area contributed by atoms with Gasteiger partial charge in [0.15, 0.2) is 10.8 Å². The number of carboxylic acid groups (broad SMARTS) is 1. The summed E-state index contributed by atoms with van der Waals surface area (Å²) in [6, 6.07) is 6.93. The number of rotatable bonds is 20. The number of unbranched alkanes of at least 4 members (excludes halogenated alkanes) is 1. The number of carboxylic acids is 1. The van der Waals surface area contributed by atoms with Crippen molar-refractivity contribution in [1.29, 1.82) is 0 Å². The summed E-state index contributed by atoms with van der Waals surface area (Å²) in [5.41, 5.74) is 3.41. The third-order valence-electron chi connectivity index (χ3n) is 7.62. The Balaban J connectivity index is 1.42. The van der Waals surface area contributed by atoms with Crippen LogP contribution in [0.15, 0.2) is 40.9 Å². The number of thiazole rings is 1. The molecule has 1 saturated heterocycles. The first-order chi connectivity index (χ1) is 23.8. The fourth-order valence-corrected chi connectivity index (χ4v) is 6.32. The van der Waals surface area contributed by atoms with Gasteiger partial charge < -0.3 is 30.5 Å². The highest BCUT2D eigenvalue weighted by atomic mass is 32.2. The number of benzene rings is 1. The molecule has 51 heavy (non-hydrogen) atoms. The van der Waals surface area contributed by atoms with Crippen LogP contribution >= 0.6 is 11.3 Å². The van der Waals surface area contributed by atoms with Crippen LogP contribution < -0.4 is 11.1 Å². The Kier molecular flexibility index (Phi) is 14.0. The minimum Gasteiger partial charge on any atom is -0.478 e. The monoisotopic (exact) mass is 753 g/mol. The minimum atomic E-state index is -4.58. The van der Waals surface area contributed by atoms with Gasteiger partial charge in [-0.2, -0.15) is 8.42 Å². The molecule has 4 N–H and O–H groups in total. The molecular formula is C32H43N5O12S2. The summed E-state index contributed by atoms with van der Waals surface area (Å²) in [5, 5.41) is 16.8. The number of nitrogens with one attached hydrogen (secondary N) is 1. The topological polar surface area (TPSA) is 243 Å². The molecule has 2 atom stereocenters. The molecule has 1 fully saturated rings. The number of nitrogens with two attached hydrogens (primary N) is 1. The van der Waals surface area contributed by atoms with Gasteiger partial charge in [0.25, 0.3) is 11.8 Å². The van der Waals surface area contributed by atoms with Crippen molar-refractivity contribution >= 4 is 62.2 Å². The average Bonchev–Trinajstić information content (AvgIpc) is 3.49. The van der Waals surface area contributed by atoms with E-state index in [1.54, 1.807) is 13.8 Å². The molecule has 2 heterocycles. The van der Waals surface area contributed by atoms with Crippen molar-refractivity contribution in [2.75, 3.05) is 18.9 Å². The maximum atomic E-state index is 13.1. The van der Waals surface area contributed by atoms with Crippen LogP contribution in [0, 0.1) is 5.41 Å². The van der Waals surface area contributed by atoms with Crippen molar-refractivity contribution in [3.8, 4) is 0 Å². The Morgan fingerprint density at radius 1 is 1.06 bits per heavy atom. The van der Waals surface area contributed by atoms with E-state index in [0.717, 1.165) is 16.9 Å². The van der Waals surface area contributed by atoms with Gasteiger partial charge in [-0.25, -0.2) is 14.1 Å². The molecule has 3 rings (SSSR count). The number of anilines is 1. The van der Waals surface area contributed by atoms with E-state index >= 15 is 0 Å². The minimum absolute atomic E-state index is 0.0105. The summed E-state index contributed by atoms with van der Waals surface area (Å²) in [4.78, 5) is 70.5. The molecule has 0 aliphatic carbocycles. The molecule has 280 valence electrons. The molecule has 1 aromatic carbocycles. The van der Waals surface area contributed by atoms with Gasteiger partial charge in [-0.15, -0.1) is 11.3 Å². The van der Waals surface area contributed by atoms with Crippen LogP contribution in [-0.4, -0.2) is 89.1 Å². The normalized spacial score (nSPS) is 16.6. The quantitative estimate of drug-likeness (QED) is 0.0579. The van der Waals surface area contributed by atoms with Gasteiger partial charge in [0.1, 0.15) is 18.3 Å². The van der Waals surface area contributed by atoms with Crippen molar-refractivity contribution in [1.82, 2.24) is 14.6 Å². The smallest absolute Gasteiger partial charge is 0.365 e. The number of carbonyl (C=O) groups is 5. The van der Waals surface area contributed by atoms with Crippen molar-refractivity contribution in [3.63, 3.8) is 0 Å². The fourth-order valence-electron chi connectivity index (χ4n) is 4.33. The zero-order valence-electron chi connectivity index (χ0n) is 28.9. The lowest BCUT2D eigenvalue weighted by Gasteiger charge is -2.43. The molecule has 2 aromatic rings. The number of β-lactam (4-membered cyclic amide) rings is 1. The van der Waals surface area contributed by atoms with Gasteiger partial charge in [-0.1, -0.05) is 49.3 Å². The second-order valence-corrected chi connectivity index (χ2v) is 15.3. The molecule has 0 saturated carbocycles. The van der Waals surface area contributed by atoms with E-state index in [-0.39, 0.29) is 55.9 Å². The predicted octanol–water partition coefficient (Wildman–Crippen LogP) is 2.55. The fraction of sp³-hybridized carbons (Fsp3) is 0.531. The maximum absolute atomic E-state index is 13.1. The van der Waals surface area contributed by atoms with Crippen molar-refractivity contribution in [2.24, 2.45) is 10.6 Å². The number of aliphatic carboxylic acids is 1. The SMILES string of the molecule is C[C@H]1[C@H](NC(=O)C(=NOC(C)(C)C(=O)O)c2csc(N)n2)C(=O)N1S(=O)(=O)OCC(C)(C)CCOC(=O)CCCCC(=O)OCc1ccccc1. The molecule has 0 spiro atoms. The molecule has 0 unspecified atom stereocenters. The number of oxime groups is 1. The maximum Gasteiger partial charge on any atom is 0.365 e. The Labute approximate surface area is 299 Å². The number of carbonyl (C=O) groups excluding carboxylic acids is 4. The Hall–Kier alpha value is -4.62. The summed E-state index contributed by atoms with van der Waals surface area (Å²) in [6.45, 7) is 7.02. The van der Waals surface area contributed by atoms with E-state index in [0.29, 0.717) is 17.1 Å². The number of ether oxygens (including phenoxy) is 2. The zero-order valence-corrected chi connectivity index (χ0v) is 30.6.